The van der Waals surface area contributed by atoms with Gasteiger partial charge in [-0.3, -0.25) is 4.79 Å². The second-order valence-electron chi connectivity index (χ2n) is 5.60. The summed E-state index contributed by atoms with van der Waals surface area (Å²) in [5.74, 6) is -1.00. The van der Waals surface area contributed by atoms with Crippen LogP contribution in [0.3, 0.4) is 0 Å². The summed E-state index contributed by atoms with van der Waals surface area (Å²) in [6.45, 7) is 1.82. The SMILES string of the molecule is Cc1ccc(S(=O)(=O)NC2(CC(=O)O)CCCC2)c(Cl)c1. The normalized spacial score (nSPS) is 17.8. The summed E-state index contributed by atoms with van der Waals surface area (Å²) in [6.07, 6.45) is 2.48. The molecule has 0 aliphatic heterocycles. The van der Waals surface area contributed by atoms with E-state index >= 15 is 0 Å². The van der Waals surface area contributed by atoms with Gasteiger partial charge in [0.25, 0.3) is 0 Å². The first-order valence-corrected chi connectivity index (χ1v) is 8.62. The Kier molecular flexibility index (Phi) is 4.60. The highest BCUT2D eigenvalue weighted by Crippen LogP contribution is 2.35. The first-order chi connectivity index (χ1) is 9.74. The average Bonchev–Trinajstić information content (AvgIpc) is 2.74. The van der Waals surface area contributed by atoms with E-state index in [9.17, 15) is 13.2 Å². The molecule has 1 saturated carbocycles. The fraction of sp³-hybridized carbons (Fsp3) is 0.500. The Bertz CT molecular complexity index is 651. The van der Waals surface area contributed by atoms with Crippen LogP contribution in [0.4, 0.5) is 0 Å². The predicted molar refractivity (Wildman–Crippen MR) is 80.0 cm³/mol. The number of rotatable bonds is 5. The third kappa shape index (κ3) is 3.75. The molecular formula is C14H18ClNO4S. The maximum atomic E-state index is 12.5. The maximum Gasteiger partial charge on any atom is 0.305 e. The highest BCUT2D eigenvalue weighted by Gasteiger charge is 2.40. The number of aryl methyl sites for hydroxylation is 1. The van der Waals surface area contributed by atoms with E-state index in [2.05, 4.69) is 4.72 Å². The van der Waals surface area contributed by atoms with E-state index in [0.29, 0.717) is 12.8 Å². The van der Waals surface area contributed by atoms with Gasteiger partial charge in [-0.05, 0) is 37.5 Å². The number of sulfonamides is 1. The van der Waals surface area contributed by atoms with Crippen LogP contribution < -0.4 is 4.72 Å². The van der Waals surface area contributed by atoms with E-state index in [1.807, 2.05) is 6.92 Å². The van der Waals surface area contributed by atoms with Gasteiger partial charge >= 0.3 is 5.97 Å². The van der Waals surface area contributed by atoms with Gasteiger partial charge in [-0.2, -0.15) is 0 Å². The van der Waals surface area contributed by atoms with Crippen molar-refractivity contribution in [3.63, 3.8) is 0 Å². The minimum Gasteiger partial charge on any atom is -0.481 e. The van der Waals surface area contributed by atoms with Crippen LogP contribution in [0.25, 0.3) is 0 Å². The highest BCUT2D eigenvalue weighted by molar-refractivity contribution is 7.89. The van der Waals surface area contributed by atoms with Crippen molar-refractivity contribution in [2.75, 3.05) is 0 Å². The van der Waals surface area contributed by atoms with Crippen molar-refractivity contribution < 1.29 is 18.3 Å². The van der Waals surface area contributed by atoms with Gasteiger partial charge in [0.1, 0.15) is 4.90 Å². The first-order valence-electron chi connectivity index (χ1n) is 6.76. The Labute approximate surface area is 129 Å². The van der Waals surface area contributed by atoms with E-state index in [0.717, 1.165) is 18.4 Å². The lowest BCUT2D eigenvalue weighted by Gasteiger charge is -2.28. The molecule has 116 valence electrons. The Hall–Kier alpha value is -1.11. The van der Waals surface area contributed by atoms with Gasteiger partial charge in [0.15, 0.2) is 0 Å². The summed E-state index contributed by atoms with van der Waals surface area (Å²) in [5, 5.41) is 9.18. The lowest BCUT2D eigenvalue weighted by Crippen LogP contribution is -2.47. The summed E-state index contributed by atoms with van der Waals surface area (Å²) in [5.41, 5.74) is -0.0427. The largest absolute Gasteiger partial charge is 0.481 e. The van der Waals surface area contributed by atoms with Crippen molar-refractivity contribution in [2.24, 2.45) is 0 Å². The number of benzene rings is 1. The van der Waals surface area contributed by atoms with Gasteiger partial charge in [0.2, 0.25) is 10.0 Å². The van der Waals surface area contributed by atoms with Crippen LogP contribution in [0.5, 0.6) is 0 Å². The lowest BCUT2D eigenvalue weighted by molar-refractivity contribution is -0.138. The molecule has 0 amide bonds. The number of carboxylic acids is 1. The molecule has 0 heterocycles. The molecule has 0 atom stereocenters. The molecule has 0 spiro atoms. The smallest absolute Gasteiger partial charge is 0.305 e. The summed E-state index contributed by atoms with van der Waals surface area (Å²) in [4.78, 5) is 11.0. The van der Waals surface area contributed by atoms with Crippen LogP contribution in [-0.2, 0) is 14.8 Å². The first kappa shape index (κ1) is 16.3. The molecule has 7 heteroatoms. The Morgan fingerprint density at radius 1 is 1.38 bits per heavy atom. The van der Waals surface area contributed by atoms with Crippen LogP contribution in [-0.4, -0.2) is 25.0 Å². The fourth-order valence-corrected chi connectivity index (χ4v) is 4.88. The number of carboxylic acid groups (broad SMARTS) is 1. The van der Waals surface area contributed by atoms with Gasteiger partial charge in [0, 0.05) is 5.54 Å². The second-order valence-corrected chi connectivity index (χ2v) is 7.66. The van der Waals surface area contributed by atoms with Gasteiger partial charge < -0.3 is 5.11 Å². The minimum absolute atomic E-state index is 0.00793. The van der Waals surface area contributed by atoms with E-state index in [-0.39, 0.29) is 16.3 Å². The molecule has 1 aromatic carbocycles. The molecule has 5 nitrogen and oxygen atoms in total. The zero-order valence-corrected chi connectivity index (χ0v) is 13.3. The van der Waals surface area contributed by atoms with Gasteiger partial charge in [-0.1, -0.05) is 30.5 Å². The minimum atomic E-state index is -3.84. The van der Waals surface area contributed by atoms with Crippen molar-refractivity contribution in [3.8, 4) is 0 Å². The average molecular weight is 332 g/mol. The number of halogens is 1. The number of hydrogen-bond acceptors (Lipinski definition) is 3. The molecular weight excluding hydrogens is 314 g/mol. The molecule has 0 unspecified atom stereocenters. The van der Waals surface area contributed by atoms with Crippen molar-refractivity contribution in [2.45, 2.75) is 49.5 Å². The number of hydrogen-bond donors (Lipinski definition) is 2. The molecule has 0 aromatic heterocycles. The van der Waals surface area contributed by atoms with Crippen LogP contribution in [0.1, 0.15) is 37.7 Å². The van der Waals surface area contributed by atoms with Crippen LogP contribution in [0.2, 0.25) is 5.02 Å². The van der Waals surface area contributed by atoms with Gasteiger partial charge in [-0.25, -0.2) is 13.1 Å². The summed E-state index contributed by atoms with van der Waals surface area (Å²) in [6, 6.07) is 4.69. The molecule has 1 aliphatic rings. The van der Waals surface area contributed by atoms with Crippen LogP contribution in [0, 0.1) is 6.92 Å². The number of nitrogens with one attached hydrogen (secondary N) is 1. The van der Waals surface area contributed by atoms with Crippen molar-refractivity contribution in [1.82, 2.24) is 4.72 Å². The van der Waals surface area contributed by atoms with E-state index in [1.54, 1.807) is 12.1 Å². The topological polar surface area (TPSA) is 83.5 Å². The molecule has 21 heavy (non-hydrogen) atoms. The van der Waals surface area contributed by atoms with E-state index in [1.165, 1.54) is 6.07 Å². The van der Waals surface area contributed by atoms with E-state index in [4.69, 9.17) is 16.7 Å². The summed E-state index contributed by atoms with van der Waals surface area (Å²) in [7, 11) is -3.84. The van der Waals surface area contributed by atoms with E-state index < -0.39 is 21.5 Å². The zero-order valence-electron chi connectivity index (χ0n) is 11.7. The van der Waals surface area contributed by atoms with Crippen LogP contribution in [0.15, 0.2) is 23.1 Å². The molecule has 2 rings (SSSR count). The Morgan fingerprint density at radius 2 is 2.00 bits per heavy atom. The third-order valence-corrected chi connectivity index (χ3v) is 5.84. The van der Waals surface area contributed by atoms with Crippen molar-refractivity contribution >= 4 is 27.6 Å². The summed E-state index contributed by atoms with van der Waals surface area (Å²) < 4.78 is 27.6. The molecule has 0 saturated heterocycles. The quantitative estimate of drug-likeness (QED) is 0.869. The number of carbonyl (C=O) groups is 1. The highest BCUT2D eigenvalue weighted by atomic mass is 35.5. The summed E-state index contributed by atoms with van der Waals surface area (Å²) >= 11 is 6.02. The van der Waals surface area contributed by atoms with Gasteiger partial charge in [0.05, 0.1) is 11.4 Å². The van der Waals surface area contributed by atoms with Gasteiger partial charge in [-0.15, -0.1) is 0 Å². The fourth-order valence-electron chi connectivity index (χ4n) is 2.82. The standard InChI is InChI=1S/C14H18ClNO4S/c1-10-4-5-12(11(15)8-10)21(19,20)16-14(9-13(17)18)6-2-3-7-14/h4-5,8,16H,2-3,6-7,9H2,1H3,(H,17,18). The second kappa shape index (κ2) is 5.94. The Balaban J connectivity index is 2.32. The molecule has 1 aromatic rings. The maximum absolute atomic E-state index is 12.5. The molecule has 2 N–H and O–H groups in total. The lowest BCUT2D eigenvalue weighted by atomic mass is 9.95. The van der Waals surface area contributed by atoms with Crippen molar-refractivity contribution in [1.29, 1.82) is 0 Å². The molecule has 1 aliphatic carbocycles. The number of aliphatic carboxylic acids is 1. The van der Waals surface area contributed by atoms with Crippen LogP contribution >= 0.6 is 11.6 Å². The third-order valence-electron chi connectivity index (χ3n) is 3.78. The predicted octanol–water partition coefficient (Wildman–Crippen LogP) is 2.71. The molecule has 0 bridgehead atoms. The Morgan fingerprint density at radius 3 is 2.52 bits per heavy atom. The molecule has 0 radical (unpaired) electrons. The zero-order chi connectivity index (χ0) is 15.7. The molecule has 1 fully saturated rings. The van der Waals surface area contributed by atoms with Crippen molar-refractivity contribution in [3.05, 3.63) is 28.8 Å². The monoisotopic (exact) mass is 331 g/mol.